The molecule has 0 spiro atoms. The Labute approximate surface area is 127 Å². The third kappa shape index (κ3) is 3.79. The lowest BCUT2D eigenvalue weighted by Gasteiger charge is -2.24. The molecule has 2 heterocycles. The van der Waals surface area contributed by atoms with Crippen LogP contribution in [0.15, 0.2) is 29.6 Å². The van der Waals surface area contributed by atoms with Crippen molar-refractivity contribution in [3.63, 3.8) is 0 Å². The number of benzene rings is 1. The lowest BCUT2D eigenvalue weighted by Crippen LogP contribution is -2.33. The first-order chi connectivity index (χ1) is 10.3. The number of methoxy groups -OCH3 is 1. The Morgan fingerprint density at radius 2 is 2.43 bits per heavy atom. The van der Waals surface area contributed by atoms with Crippen molar-refractivity contribution >= 4 is 11.3 Å². The summed E-state index contributed by atoms with van der Waals surface area (Å²) in [5.41, 5.74) is 1.12. The van der Waals surface area contributed by atoms with Gasteiger partial charge in [0.25, 0.3) is 0 Å². The summed E-state index contributed by atoms with van der Waals surface area (Å²) in [4.78, 5) is 4.37. The van der Waals surface area contributed by atoms with E-state index in [2.05, 4.69) is 16.4 Å². The largest absolute Gasteiger partial charge is 0.438 e. The van der Waals surface area contributed by atoms with Crippen molar-refractivity contribution in [2.45, 2.75) is 12.7 Å². The predicted octanol–water partition coefficient (Wildman–Crippen LogP) is 2.74. The molecule has 1 aromatic heterocycles. The summed E-state index contributed by atoms with van der Waals surface area (Å²) >= 11 is 1.53. The minimum atomic E-state index is 0.0850. The summed E-state index contributed by atoms with van der Waals surface area (Å²) in [5.74, 6) is 1.38. The molecule has 1 saturated heterocycles. The second kappa shape index (κ2) is 7.00. The summed E-state index contributed by atoms with van der Waals surface area (Å²) in [7, 11) is 1.66. The number of thiazole rings is 1. The molecule has 0 amide bonds. The Hall–Kier alpha value is -1.47. The maximum atomic E-state index is 5.80. The molecular formula is C15H18N2O3S. The van der Waals surface area contributed by atoms with Crippen LogP contribution in [0, 0.1) is 0 Å². The van der Waals surface area contributed by atoms with Gasteiger partial charge in [0.15, 0.2) is 0 Å². The molecule has 0 saturated carbocycles. The fourth-order valence-electron chi connectivity index (χ4n) is 2.21. The maximum Gasteiger partial charge on any atom is 0.230 e. The van der Waals surface area contributed by atoms with Gasteiger partial charge < -0.3 is 19.5 Å². The normalized spacial score (nSPS) is 18.6. The third-order valence-electron chi connectivity index (χ3n) is 3.18. The zero-order chi connectivity index (χ0) is 14.5. The molecule has 0 unspecified atom stereocenters. The van der Waals surface area contributed by atoms with Crippen LogP contribution >= 0.6 is 11.3 Å². The molecule has 6 heteroatoms. The topological polar surface area (TPSA) is 52.6 Å². The van der Waals surface area contributed by atoms with Gasteiger partial charge in [0, 0.05) is 20.2 Å². The average molecular weight is 306 g/mol. The van der Waals surface area contributed by atoms with E-state index < -0.39 is 0 Å². The number of nitrogens with zero attached hydrogens (tertiary/aromatic N) is 1. The van der Waals surface area contributed by atoms with Crippen molar-refractivity contribution in [3.8, 4) is 11.6 Å². The van der Waals surface area contributed by atoms with E-state index in [4.69, 9.17) is 14.2 Å². The number of hydrogen-bond acceptors (Lipinski definition) is 6. The van der Waals surface area contributed by atoms with Crippen molar-refractivity contribution in [1.29, 1.82) is 0 Å². The van der Waals surface area contributed by atoms with E-state index in [-0.39, 0.29) is 6.10 Å². The second-order valence-electron chi connectivity index (χ2n) is 4.75. The Morgan fingerprint density at radius 1 is 1.48 bits per heavy atom. The minimum Gasteiger partial charge on any atom is -0.438 e. The molecule has 3 rings (SSSR count). The van der Waals surface area contributed by atoms with E-state index in [1.54, 1.807) is 7.11 Å². The van der Waals surface area contributed by atoms with Crippen LogP contribution in [0.1, 0.15) is 16.7 Å². The predicted molar refractivity (Wildman–Crippen MR) is 80.9 cm³/mol. The molecule has 112 valence electrons. The molecule has 1 fully saturated rings. The molecule has 1 aliphatic heterocycles. The van der Waals surface area contributed by atoms with Gasteiger partial charge in [0.05, 0.1) is 24.7 Å². The highest BCUT2D eigenvalue weighted by Crippen LogP contribution is 2.27. The van der Waals surface area contributed by atoms with Crippen LogP contribution in [0.5, 0.6) is 11.6 Å². The molecule has 0 radical (unpaired) electrons. The smallest absolute Gasteiger partial charge is 0.230 e. The number of nitrogens with one attached hydrogen (secondary N) is 1. The first-order valence-corrected chi connectivity index (χ1v) is 7.76. The molecule has 1 N–H and O–H groups in total. The molecule has 2 aromatic rings. The van der Waals surface area contributed by atoms with Crippen molar-refractivity contribution in [1.82, 2.24) is 10.3 Å². The van der Waals surface area contributed by atoms with Gasteiger partial charge in [0.1, 0.15) is 10.8 Å². The van der Waals surface area contributed by atoms with Crippen LogP contribution in [0.3, 0.4) is 0 Å². The Bertz CT molecular complexity index is 582. The molecular weight excluding hydrogens is 288 g/mol. The summed E-state index contributed by atoms with van der Waals surface area (Å²) < 4.78 is 16.6. The monoisotopic (exact) mass is 306 g/mol. The highest BCUT2D eigenvalue weighted by molar-refractivity contribution is 7.09. The molecule has 0 bridgehead atoms. The van der Waals surface area contributed by atoms with E-state index in [0.29, 0.717) is 12.5 Å². The Morgan fingerprint density at radius 3 is 3.24 bits per heavy atom. The van der Waals surface area contributed by atoms with Crippen molar-refractivity contribution in [3.05, 3.63) is 40.2 Å². The first-order valence-electron chi connectivity index (χ1n) is 6.88. The number of morpholine rings is 1. The fourth-order valence-corrected chi connectivity index (χ4v) is 2.88. The summed E-state index contributed by atoms with van der Waals surface area (Å²) in [6.45, 7) is 2.99. The van der Waals surface area contributed by atoms with E-state index in [9.17, 15) is 0 Å². The lowest BCUT2D eigenvalue weighted by atomic mass is 10.1. The molecule has 21 heavy (non-hydrogen) atoms. The Balaban J connectivity index is 1.69. The highest BCUT2D eigenvalue weighted by Gasteiger charge is 2.16. The highest BCUT2D eigenvalue weighted by atomic mass is 32.1. The number of hydrogen-bond donors (Lipinski definition) is 1. The van der Waals surface area contributed by atoms with Gasteiger partial charge in [-0.05, 0) is 17.7 Å². The maximum absolute atomic E-state index is 5.80. The van der Waals surface area contributed by atoms with Gasteiger partial charge in [0.2, 0.25) is 5.88 Å². The number of ether oxygens (including phenoxy) is 3. The summed E-state index contributed by atoms with van der Waals surface area (Å²) in [6.07, 6.45) is 0.0850. The second-order valence-corrected chi connectivity index (χ2v) is 5.69. The van der Waals surface area contributed by atoms with E-state index in [1.807, 2.05) is 23.6 Å². The fraction of sp³-hybridized carbons (Fsp3) is 0.400. The quantitative estimate of drug-likeness (QED) is 0.920. The lowest BCUT2D eigenvalue weighted by molar-refractivity contribution is 0.0276. The molecule has 5 nitrogen and oxygen atoms in total. The molecule has 0 aliphatic carbocycles. The van der Waals surface area contributed by atoms with E-state index in [0.717, 1.165) is 36.0 Å². The Kier molecular flexibility index (Phi) is 4.82. The standard InChI is InChI=1S/C15H18N2O3S/c1-18-9-15-17-14(10-21-15)20-12-4-2-3-11(7-12)13-8-16-5-6-19-13/h2-4,7,10,13,16H,5-6,8-9H2,1H3/t13-/m0/s1. The molecule has 1 aliphatic rings. The van der Waals surface area contributed by atoms with E-state index >= 15 is 0 Å². The van der Waals surface area contributed by atoms with Gasteiger partial charge >= 0.3 is 0 Å². The first kappa shape index (κ1) is 14.5. The zero-order valence-electron chi connectivity index (χ0n) is 11.9. The molecule has 1 atom stereocenters. The van der Waals surface area contributed by atoms with Gasteiger partial charge in [-0.15, -0.1) is 11.3 Å². The number of rotatable bonds is 5. The van der Waals surface area contributed by atoms with Crippen LogP contribution in [0.2, 0.25) is 0 Å². The SMILES string of the molecule is COCc1nc(Oc2cccc([C@@H]3CNCCO3)c2)cs1. The van der Waals surface area contributed by atoms with Gasteiger partial charge in [-0.3, -0.25) is 0 Å². The van der Waals surface area contributed by atoms with Crippen molar-refractivity contribution in [2.75, 3.05) is 26.8 Å². The van der Waals surface area contributed by atoms with E-state index in [1.165, 1.54) is 11.3 Å². The summed E-state index contributed by atoms with van der Waals surface area (Å²) in [5, 5.41) is 6.12. The van der Waals surface area contributed by atoms with Gasteiger partial charge in [-0.25, -0.2) is 4.98 Å². The average Bonchev–Trinajstić information content (AvgIpc) is 2.96. The van der Waals surface area contributed by atoms with Crippen LogP contribution in [-0.4, -0.2) is 31.8 Å². The zero-order valence-corrected chi connectivity index (χ0v) is 12.7. The van der Waals surface area contributed by atoms with Gasteiger partial charge in [-0.1, -0.05) is 12.1 Å². The molecule has 1 aromatic carbocycles. The minimum absolute atomic E-state index is 0.0850. The van der Waals surface area contributed by atoms with Crippen LogP contribution in [-0.2, 0) is 16.1 Å². The third-order valence-corrected chi connectivity index (χ3v) is 3.98. The van der Waals surface area contributed by atoms with Crippen LogP contribution in [0.4, 0.5) is 0 Å². The van der Waals surface area contributed by atoms with Crippen LogP contribution < -0.4 is 10.1 Å². The summed E-state index contributed by atoms with van der Waals surface area (Å²) in [6, 6.07) is 7.97. The van der Waals surface area contributed by atoms with Crippen LogP contribution in [0.25, 0.3) is 0 Å². The van der Waals surface area contributed by atoms with Crippen molar-refractivity contribution in [2.24, 2.45) is 0 Å². The van der Waals surface area contributed by atoms with Gasteiger partial charge in [-0.2, -0.15) is 0 Å². The van der Waals surface area contributed by atoms with Crippen molar-refractivity contribution < 1.29 is 14.2 Å². The number of aromatic nitrogens is 1.